The highest BCUT2D eigenvalue weighted by Crippen LogP contribution is 2.17. The number of rotatable bonds is 7. The Morgan fingerprint density at radius 3 is 2.68 bits per heavy atom. The normalized spacial score (nSPS) is 22.2. The largest absolute Gasteiger partial charge is 0.380 e. The molecule has 1 rings (SSSR count). The lowest BCUT2D eigenvalue weighted by Crippen LogP contribution is -2.50. The molecule has 1 aliphatic rings. The Hall–Kier alpha value is -0.650. The number of amides is 1. The van der Waals surface area contributed by atoms with Gasteiger partial charge in [0, 0.05) is 45.8 Å². The molecule has 1 saturated heterocycles. The van der Waals surface area contributed by atoms with Crippen molar-refractivity contribution in [3.05, 3.63) is 0 Å². The van der Waals surface area contributed by atoms with Gasteiger partial charge < -0.3 is 15.4 Å². The Bertz CT molecular complexity index is 269. The third-order valence-corrected chi connectivity index (χ3v) is 4.06. The van der Waals surface area contributed by atoms with Crippen molar-refractivity contribution >= 4 is 5.91 Å². The molecule has 1 heterocycles. The lowest BCUT2D eigenvalue weighted by molar-refractivity contribution is -0.132. The van der Waals surface area contributed by atoms with Gasteiger partial charge in [-0.25, -0.2) is 0 Å². The highest BCUT2D eigenvalue weighted by atomic mass is 16.5. The lowest BCUT2D eigenvalue weighted by atomic mass is 10.0. The van der Waals surface area contributed by atoms with Gasteiger partial charge in [-0.2, -0.15) is 0 Å². The van der Waals surface area contributed by atoms with Gasteiger partial charge in [-0.3, -0.25) is 9.69 Å². The number of methoxy groups -OCH3 is 1. The molecule has 0 saturated carbocycles. The first-order chi connectivity index (χ1) is 9.15. The van der Waals surface area contributed by atoms with Crippen molar-refractivity contribution in [3.63, 3.8) is 0 Å². The van der Waals surface area contributed by atoms with Gasteiger partial charge in [0.1, 0.15) is 0 Å². The van der Waals surface area contributed by atoms with Gasteiger partial charge >= 0.3 is 0 Å². The molecule has 0 aromatic carbocycles. The van der Waals surface area contributed by atoms with Gasteiger partial charge in [0.25, 0.3) is 0 Å². The number of carbonyl (C=O) groups excluding carboxylic acids is 1. The number of hydrogen-bond acceptors (Lipinski definition) is 4. The first-order valence-corrected chi connectivity index (χ1v) is 7.40. The second-order valence-electron chi connectivity index (χ2n) is 5.15. The van der Waals surface area contributed by atoms with E-state index < -0.39 is 0 Å². The van der Waals surface area contributed by atoms with Crippen LogP contribution in [0.2, 0.25) is 0 Å². The standard InChI is InChI=1S/C14H29N3O2/c1-4-16(5-2)14(18)9-12(10-15)17-8-6-7-13(11-17)19-3/h12-13H,4-11,15H2,1-3H3. The van der Waals surface area contributed by atoms with Crippen LogP contribution in [0.1, 0.15) is 33.1 Å². The van der Waals surface area contributed by atoms with Gasteiger partial charge in [-0.15, -0.1) is 0 Å². The molecule has 0 bridgehead atoms. The minimum Gasteiger partial charge on any atom is -0.380 e. The molecule has 1 aliphatic heterocycles. The fraction of sp³-hybridized carbons (Fsp3) is 0.929. The van der Waals surface area contributed by atoms with Crippen LogP contribution in [0.15, 0.2) is 0 Å². The lowest BCUT2D eigenvalue weighted by Gasteiger charge is -2.37. The van der Waals surface area contributed by atoms with Crippen LogP contribution in [0.5, 0.6) is 0 Å². The average molecular weight is 271 g/mol. The van der Waals surface area contributed by atoms with Crippen molar-refractivity contribution in [2.45, 2.75) is 45.3 Å². The Balaban J connectivity index is 2.54. The zero-order valence-corrected chi connectivity index (χ0v) is 12.6. The van der Waals surface area contributed by atoms with Crippen molar-refractivity contribution in [3.8, 4) is 0 Å². The third-order valence-electron chi connectivity index (χ3n) is 4.06. The maximum absolute atomic E-state index is 12.2. The van der Waals surface area contributed by atoms with E-state index in [2.05, 4.69) is 4.90 Å². The van der Waals surface area contributed by atoms with Gasteiger partial charge in [-0.1, -0.05) is 0 Å². The highest BCUT2D eigenvalue weighted by molar-refractivity contribution is 5.76. The SMILES string of the molecule is CCN(CC)C(=O)CC(CN)N1CCCC(OC)C1. The quantitative estimate of drug-likeness (QED) is 0.740. The summed E-state index contributed by atoms with van der Waals surface area (Å²) in [7, 11) is 1.76. The second-order valence-corrected chi connectivity index (χ2v) is 5.15. The zero-order chi connectivity index (χ0) is 14.3. The maximum Gasteiger partial charge on any atom is 0.224 e. The molecule has 5 nitrogen and oxygen atoms in total. The second kappa shape index (κ2) is 8.51. The number of nitrogens with two attached hydrogens (primary N) is 1. The summed E-state index contributed by atoms with van der Waals surface area (Å²) in [6.07, 6.45) is 3.03. The number of nitrogens with zero attached hydrogens (tertiary/aromatic N) is 2. The Labute approximate surface area is 117 Å². The van der Waals surface area contributed by atoms with Crippen LogP contribution in [0.3, 0.4) is 0 Å². The molecule has 2 N–H and O–H groups in total. The average Bonchev–Trinajstić information content (AvgIpc) is 2.46. The summed E-state index contributed by atoms with van der Waals surface area (Å²) in [5.74, 6) is 0.208. The Morgan fingerprint density at radius 1 is 1.47 bits per heavy atom. The number of piperidine rings is 1. The summed E-state index contributed by atoms with van der Waals surface area (Å²) >= 11 is 0. The van der Waals surface area contributed by atoms with Crippen LogP contribution in [-0.4, -0.2) is 67.7 Å². The summed E-state index contributed by atoms with van der Waals surface area (Å²) in [6, 6.07) is 0.144. The van der Waals surface area contributed by atoms with E-state index in [-0.39, 0.29) is 18.1 Å². The van der Waals surface area contributed by atoms with Crippen molar-refractivity contribution in [2.24, 2.45) is 5.73 Å². The zero-order valence-electron chi connectivity index (χ0n) is 12.6. The highest BCUT2D eigenvalue weighted by Gasteiger charge is 2.27. The van der Waals surface area contributed by atoms with Gasteiger partial charge in [0.05, 0.1) is 6.10 Å². The first-order valence-electron chi connectivity index (χ1n) is 7.40. The molecule has 5 heteroatoms. The predicted molar refractivity (Wildman–Crippen MR) is 77.0 cm³/mol. The topological polar surface area (TPSA) is 58.8 Å². The third kappa shape index (κ3) is 4.75. The molecule has 1 amide bonds. The molecule has 0 radical (unpaired) electrons. The van der Waals surface area contributed by atoms with E-state index in [9.17, 15) is 4.79 Å². The minimum atomic E-state index is 0.144. The summed E-state index contributed by atoms with van der Waals surface area (Å²) in [6.45, 7) is 8.02. The maximum atomic E-state index is 12.2. The molecule has 112 valence electrons. The molecule has 2 atom stereocenters. The monoisotopic (exact) mass is 271 g/mol. The predicted octanol–water partition coefficient (Wildman–Crippen LogP) is 0.683. The summed E-state index contributed by atoms with van der Waals surface area (Å²) in [5, 5.41) is 0. The molecule has 0 spiro atoms. The first kappa shape index (κ1) is 16.4. The van der Waals surface area contributed by atoms with E-state index in [0.717, 1.165) is 39.0 Å². The van der Waals surface area contributed by atoms with Crippen LogP contribution in [0.25, 0.3) is 0 Å². The molecule has 1 fully saturated rings. The molecule has 0 aliphatic carbocycles. The van der Waals surface area contributed by atoms with Crippen LogP contribution in [0.4, 0.5) is 0 Å². The number of hydrogen-bond donors (Lipinski definition) is 1. The van der Waals surface area contributed by atoms with E-state index in [0.29, 0.717) is 13.0 Å². The number of ether oxygens (including phenoxy) is 1. The Morgan fingerprint density at radius 2 is 2.16 bits per heavy atom. The van der Waals surface area contributed by atoms with Crippen molar-refractivity contribution in [1.82, 2.24) is 9.80 Å². The van der Waals surface area contributed by atoms with Crippen molar-refractivity contribution < 1.29 is 9.53 Å². The smallest absolute Gasteiger partial charge is 0.224 e. The van der Waals surface area contributed by atoms with Crippen molar-refractivity contribution in [2.75, 3.05) is 39.8 Å². The minimum absolute atomic E-state index is 0.144. The van der Waals surface area contributed by atoms with E-state index in [1.807, 2.05) is 18.7 Å². The molecular weight excluding hydrogens is 242 g/mol. The van der Waals surface area contributed by atoms with Gasteiger partial charge in [0.2, 0.25) is 5.91 Å². The van der Waals surface area contributed by atoms with Crippen LogP contribution in [0, 0.1) is 0 Å². The molecule has 0 aromatic heterocycles. The molecule has 2 unspecified atom stereocenters. The summed E-state index contributed by atoms with van der Waals surface area (Å²) in [4.78, 5) is 16.4. The van der Waals surface area contributed by atoms with E-state index >= 15 is 0 Å². The van der Waals surface area contributed by atoms with Crippen LogP contribution >= 0.6 is 0 Å². The number of likely N-dealkylation sites (tertiary alicyclic amines) is 1. The molecule has 0 aromatic rings. The van der Waals surface area contributed by atoms with E-state index in [4.69, 9.17) is 10.5 Å². The number of carbonyl (C=O) groups is 1. The molecule has 19 heavy (non-hydrogen) atoms. The van der Waals surface area contributed by atoms with Crippen molar-refractivity contribution in [1.29, 1.82) is 0 Å². The van der Waals surface area contributed by atoms with E-state index in [1.54, 1.807) is 7.11 Å². The van der Waals surface area contributed by atoms with Crippen LogP contribution in [-0.2, 0) is 9.53 Å². The summed E-state index contributed by atoms with van der Waals surface area (Å²) < 4.78 is 5.43. The van der Waals surface area contributed by atoms with Gasteiger partial charge in [-0.05, 0) is 33.2 Å². The van der Waals surface area contributed by atoms with E-state index in [1.165, 1.54) is 0 Å². The summed E-state index contributed by atoms with van der Waals surface area (Å²) in [5.41, 5.74) is 5.87. The fourth-order valence-electron chi connectivity index (χ4n) is 2.76. The molecular formula is C14H29N3O2. The van der Waals surface area contributed by atoms with Gasteiger partial charge in [0.15, 0.2) is 0 Å². The Kier molecular flexibility index (Phi) is 7.34. The van der Waals surface area contributed by atoms with Crippen LogP contribution < -0.4 is 5.73 Å². The fourth-order valence-corrected chi connectivity index (χ4v) is 2.76.